The fourth-order valence-corrected chi connectivity index (χ4v) is 6.69. The van der Waals surface area contributed by atoms with Crippen LogP contribution in [0.3, 0.4) is 0 Å². The Balaban J connectivity index is 1.39. The summed E-state index contributed by atoms with van der Waals surface area (Å²) in [6, 6.07) is 6.11. The van der Waals surface area contributed by atoms with E-state index in [1.165, 1.54) is 24.8 Å². The molecule has 5 rings (SSSR count). The molecule has 4 nitrogen and oxygen atoms in total. The Morgan fingerprint density at radius 1 is 1.14 bits per heavy atom. The Morgan fingerprint density at radius 3 is 2.82 bits per heavy atom. The van der Waals surface area contributed by atoms with Crippen molar-refractivity contribution >= 4 is 5.78 Å². The number of fused-ring (bicyclic) bond motifs is 5. The van der Waals surface area contributed by atoms with Crippen molar-refractivity contribution in [2.75, 3.05) is 13.7 Å². The average molecular weight is 385 g/mol. The number of hydrogen-bond acceptors (Lipinski definition) is 4. The molecule has 1 aromatic carbocycles. The molecule has 6 atom stereocenters. The molecule has 1 aromatic rings. The highest BCUT2D eigenvalue weighted by atomic mass is 16.7. The van der Waals surface area contributed by atoms with Crippen LogP contribution in [-0.4, -0.2) is 31.9 Å². The summed E-state index contributed by atoms with van der Waals surface area (Å²) < 4.78 is 17.7. The van der Waals surface area contributed by atoms with E-state index in [-0.39, 0.29) is 17.8 Å². The predicted octanol–water partition coefficient (Wildman–Crippen LogP) is 5.10. The number of Topliss-reactive ketones (excluding diaryl/α,β-unsaturated/α-hetero) is 1. The first-order valence-corrected chi connectivity index (χ1v) is 11.1. The number of ketones is 1. The van der Waals surface area contributed by atoms with Crippen molar-refractivity contribution in [1.29, 1.82) is 0 Å². The average Bonchev–Trinajstić information content (AvgIpc) is 3.05. The number of carbonyl (C=O) groups is 1. The third kappa shape index (κ3) is 2.91. The molecule has 0 aromatic heterocycles. The molecule has 3 fully saturated rings. The molecule has 1 heterocycles. The number of hydrogen-bond donors (Lipinski definition) is 0. The lowest BCUT2D eigenvalue weighted by atomic mass is 9.55. The Bertz CT molecular complexity index is 753. The van der Waals surface area contributed by atoms with E-state index in [2.05, 4.69) is 13.0 Å². The standard InChI is InChI=1S/C24H32O4/c1-24-11-10-17-16-7-6-15(26-2)13-19(16)21(25)14-18(17)20(24)8-9-22(24)28-23-5-3-4-12-27-23/h6-7,13,17-18,20,22-23H,3-5,8-12,14H2,1-2H3/t17-,18+,20+,22-,23?,24-/m0/s1. The second-order valence-corrected chi connectivity index (χ2v) is 9.50. The van der Waals surface area contributed by atoms with Crippen LogP contribution in [0.1, 0.15) is 80.1 Å². The first-order chi connectivity index (χ1) is 13.6. The number of methoxy groups -OCH3 is 1. The van der Waals surface area contributed by atoms with Gasteiger partial charge in [-0.15, -0.1) is 0 Å². The monoisotopic (exact) mass is 384 g/mol. The molecule has 152 valence electrons. The summed E-state index contributed by atoms with van der Waals surface area (Å²) in [5.41, 5.74) is 2.32. The van der Waals surface area contributed by atoms with Crippen molar-refractivity contribution < 1.29 is 19.0 Å². The first-order valence-electron chi connectivity index (χ1n) is 11.1. The van der Waals surface area contributed by atoms with Gasteiger partial charge in [0.25, 0.3) is 0 Å². The third-order valence-corrected chi connectivity index (χ3v) is 8.19. The summed E-state index contributed by atoms with van der Waals surface area (Å²) in [6.45, 7) is 3.25. The van der Waals surface area contributed by atoms with E-state index in [9.17, 15) is 4.79 Å². The van der Waals surface area contributed by atoms with Crippen LogP contribution in [0.15, 0.2) is 18.2 Å². The fraction of sp³-hybridized carbons (Fsp3) is 0.708. The van der Waals surface area contributed by atoms with Crippen LogP contribution in [0, 0.1) is 17.3 Å². The molecule has 3 aliphatic carbocycles. The molecule has 0 spiro atoms. The van der Waals surface area contributed by atoms with Crippen LogP contribution in [-0.2, 0) is 9.47 Å². The number of ether oxygens (including phenoxy) is 3. The molecule has 2 saturated carbocycles. The summed E-state index contributed by atoms with van der Waals surface area (Å²) in [4.78, 5) is 13.0. The maximum atomic E-state index is 13.0. The van der Waals surface area contributed by atoms with Gasteiger partial charge in [-0.05, 0) is 85.8 Å². The van der Waals surface area contributed by atoms with Gasteiger partial charge in [0.1, 0.15) is 5.75 Å². The molecule has 0 bridgehead atoms. The summed E-state index contributed by atoms with van der Waals surface area (Å²) in [6.07, 6.45) is 8.92. The van der Waals surface area contributed by atoms with Gasteiger partial charge in [-0.1, -0.05) is 13.0 Å². The molecule has 1 aliphatic heterocycles. The molecule has 4 aliphatic rings. The number of benzene rings is 1. The highest BCUT2D eigenvalue weighted by molar-refractivity contribution is 5.99. The van der Waals surface area contributed by atoms with Crippen molar-refractivity contribution in [2.24, 2.45) is 17.3 Å². The Kier molecular flexibility index (Phi) is 4.75. The smallest absolute Gasteiger partial charge is 0.163 e. The third-order valence-electron chi connectivity index (χ3n) is 8.19. The van der Waals surface area contributed by atoms with Gasteiger partial charge in [0.15, 0.2) is 12.1 Å². The van der Waals surface area contributed by atoms with E-state index < -0.39 is 0 Å². The lowest BCUT2D eigenvalue weighted by Gasteiger charge is -2.50. The lowest BCUT2D eigenvalue weighted by Crippen LogP contribution is -2.46. The minimum atomic E-state index is -0.0202. The molecule has 28 heavy (non-hydrogen) atoms. The van der Waals surface area contributed by atoms with E-state index in [0.29, 0.717) is 30.0 Å². The van der Waals surface area contributed by atoms with Gasteiger partial charge >= 0.3 is 0 Å². The Labute approximate surface area is 167 Å². The molecular weight excluding hydrogens is 352 g/mol. The van der Waals surface area contributed by atoms with Crippen LogP contribution < -0.4 is 4.74 Å². The maximum Gasteiger partial charge on any atom is 0.163 e. The quantitative estimate of drug-likeness (QED) is 0.727. The highest BCUT2D eigenvalue weighted by Crippen LogP contribution is 2.61. The second-order valence-electron chi connectivity index (χ2n) is 9.50. The molecular formula is C24H32O4. The zero-order valence-corrected chi connectivity index (χ0v) is 17.1. The van der Waals surface area contributed by atoms with Crippen molar-refractivity contribution in [3.05, 3.63) is 29.3 Å². The van der Waals surface area contributed by atoms with Gasteiger partial charge in [-0.2, -0.15) is 0 Å². The van der Waals surface area contributed by atoms with Gasteiger partial charge in [-0.25, -0.2) is 0 Å². The van der Waals surface area contributed by atoms with E-state index in [0.717, 1.165) is 43.6 Å². The topological polar surface area (TPSA) is 44.8 Å². The molecule has 1 unspecified atom stereocenters. The maximum absolute atomic E-state index is 13.0. The van der Waals surface area contributed by atoms with Gasteiger partial charge < -0.3 is 14.2 Å². The SMILES string of the molecule is COc1ccc2c(c1)C(=O)C[C@H]1[C@H]3CC[C@H](OC4CCCCO4)[C@@]3(C)CC[C@@H]21. The van der Waals surface area contributed by atoms with Gasteiger partial charge in [0.2, 0.25) is 0 Å². The molecule has 0 amide bonds. The number of rotatable bonds is 3. The zero-order valence-electron chi connectivity index (χ0n) is 17.1. The zero-order chi connectivity index (χ0) is 19.3. The Hall–Kier alpha value is -1.39. The van der Waals surface area contributed by atoms with Crippen molar-refractivity contribution in [2.45, 2.75) is 76.6 Å². The summed E-state index contributed by atoms with van der Waals surface area (Å²) in [7, 11) is 1.67. The molecule has 1 saturated heterocycles. The largest absolute Gasteiger partial charge is 0.497 e. The van der Waals surface area contributed by atoms with Crippen LogP contribution in [0.4, 0.5) is 0 Å². The molecule has 4 heteroatoms. The Morgan fingerprint density at radius 2 is 2.04 bits per heavy atom. The van der Waals surface area contributed by atoms with Gasteiger partial charge in [-0.3, -0.25) is 4.79 Å². The van der Waals surface area contributed by atoms with Crippen LogP contribution in [0.5, 0.6) is 5.75 Å². The van der Waals surface area contributed by atoms with Crippen molar-refractivity contribution in [1.82, 2.24) is 0 Å². The first kappa shape index (κ1) is 18.6. The minimum absolute atomic E-state index is 0.0202. The minimum Gasteiger partial charge on any atom is -0.497 e. The van der Waals surface area contributed by atoms with E-state index >= 15 is 0 Å². The van der Waals surface area contributed by atoms with Gasteiger partial charge in [0.05, 0.1) is 13.2 Å². The van der Waals surface area contributed by atoms with Gasteiger partial charge in [0, 0.05) is 18.6 Å². The molecule has 0 radical (unpaired) electrons. The highest BCUT2D eigenvalue weighted by Gasteiger charge is 2.56. The molecule has 0 N–H and O–H groups in total. The van der Waals surface area contributed by atoms with E-state index in [4.69, 9.17) is 14.2 Å². The summed E-state index contributed by atoms with van der Waals surface area (Å²) >= 11 is 0. The van der Waals surface area contributed by atoms with E-state index in [1.807, 2.05) is 12.1 Å². The van der Waals surface area contributed by atoms with Crippen LogP contribution >= 0.6 is 0 Å². The predicted molar refractivity (Wildman–Crippen MR) is 107 cm³/mol. The van der Waals surface area contributed by atoms with Crippen LogP contribution in [0.25, 0.3) is 0 Å². The summed E-state index contributed by atoms with van der Waals surface area (Å²) in [5.74, 6) is 2.60. The van der Waals surface area contributed by atoms with Crippen molar-refractivity contribution in [3.63, 3.8) is 0 Å². The fourth-order valence-electron chi connectivity index (χ4n) is 6.69. The normalized spacial score (nSPS) is 39.8. The second kappa shape index (κ2) is 7.14. The number of carbonyl (C=O) groups excluding carboxylic acids is 1. The van der Waals surface area contributed by atoms with E-state index in [1.54, 1.807) is 7.11 Å². The van der Waals surface area contributed by atoms with Crippen molar-refractivity contribution in [3.8, 4) is 5.75 Å². The lowest BCUT2D eigenvalue weighted by molar-refractivity contribution is -0.212. The van der Waals surface area contributed by atoms with Crippen LogP contribution in [0.2, 0.25) is 0 Å². The summed E-state index contributed by atoms with van der Waals surface area (Å²) in [5, 5.41) is 0.